The summed E-state index contributed by atoms with van der Waals surface area (Å²) in [6, 6.07) is 2.20. The summed E-state index contributed by atoms with van der Waals surface area (Å²) in [6.07, 6.45) is -4.85. The normalized spacial score (nSPS) is 18.8. The molecule has 20 heavy (non-hydrogen) atoms. The first-order valence-corrected chi connectivity index (χ1v) is 5.71. The molecule has 8 heteroatoms. The summed E-state index contributed by atoms with van der Waals surface area (Å²) in [5.74, 6) is -2.92. The van der Waals surface area contributed by atoms with Crippen molar-refractivity contribution < 1.29 is 27.2 Å². The zero-order valence-corrected chi connectivity index (χ0v) is 10.1. The Morgan fingerprint density at radius 1 is 1.35 bits per heavy atom. The summed E-state index contributed by atoms with van der Waals surface area (Å²) in [5, 5.41) is 4.69. The van der Waals surface area contributed by atoms with Gasteiger partial charge in [0.25, 0.3) is 0 Å². The molecule has 0 spiro atoms. The van der Waals surface area contributed by atoms with Crippen LogP contribution in [0.25, 0.3) is 0 Å². The van der Waals surface area contributed by atoms with Crippen LogP contribution in [0.1, 0.15) is 12.0 Å². The van der Waals surface area contributed by atoms with Crippen LogP contribution in [0.2, 0.25) is 0 Å². The lowest BCUT2D eigenvalue weighted by atomic mass is 10.1. The zero-order chi connectivity index (χ0) is 14.9. The number of carbonyl (C=O) groups excluding carboxylic acids is 2. The second kappa shape index (κ2) is 5.10. The molecule has 2 amide bonds. The summed E-state index contributed by atoms with van der Waals surface area (Å²) in [6.45, 7) is 0.137. The summed E-state index contributed by atoms with van der Waals surface area (Å²) >= 11 is 0. The summed E-state index contributed by atoms with van der Waals surface area (Å²) in [7, 11) is 0. The molecular weight excluding hydrogens is 280 g/mol. The van der Waals surface area contributed by atoms with Gasteiger partial charge in [-0.1, -0.05) is 0 Å². The first-order valence-electron chi connectivity index (χ1n) is 5.71. The molecule has 0 aromatic heterocycles. The van der Waals surface area contributed by atoms with Gasteiger partial charge in [0, 0.05) is 18.7 Å². The second-order valence-electron chi connectivity index (χ2n) is 4.39. The highest BCUT2D eigenvalue weighted by Gasteiger charge is 2.34. The molecule has 0 aliphatic carbocycles. The third-order valence-electron chi connectivity index (χ3n) is 2.89. The fraction of sp³-hybridized carbons (Fsp3) is 0.333. The highest BCUT2D eigenvalue weighted by Crippen LogP contribution is 2.33. The highest BCUT2D eigenvalue weighted by atomic mass is 19.4. The molecule has 4 nitrogen and oxygen atoms in total. The monoisotopic (exact) mass is 290 g/mol. The maximum absolute atomic E-state index is 13.1. The molecule has 0 bridgehead atoms. The van der Waals surface area contributed by atoms with E-state index in [1.807, 2.05) is 0 Å². The largest absolute Gasteiger partial charge is 0.419 e. The number of hydrogen-bond donors (Lipinski definition) is 2. The van der Waals surface area contributed by atoms with Gasteiger partial charge in [-0.2, -0.15) is 13.2 Å². The van der Waals surface area contributed by atoms with E-state index < -0.39 is 29.4 Å². The molecule has 108 valence electrons. The predicted molar refractivity (Wildman–Crippen MR) is 61.1 cm³/mol. The SMILES string of the molecule is O=C1CC(C(=O)Nc2ccc(F)c(C(F)(F)F)c2)CN1. The topological polar surface area (TPSA) is 58.2 Å². The lowest BCUT2D eigenvalue weighted by Crippen LogP contribution is -2.25. The van der Waals surface area contributed by atoms with Crippen molar-refractivity contribution in [3.05, 3.63) is 29.6 Å². The number of anilines is 1. The average molecular weight is 290 g/mol. The van der Waals surface area contributed by atoms with E-state index in [4.69, 9.17) is 0 Å². The lowest BCUT2D eigenvalue weighted by molar-refractivity contribution is -0.140. The average Bonchev–Trinajstić information content (AvgIpc) is 2.77. The van der Waals surface area contributed by atoms with Gasteiger partial charge in [-0.05, 0) is 18.2 Å². The zero-order valence-electron chi connectivity index (χ0n) is 10.1. The van der Waals surface area contributed by atoms with E-state index in [1.165, 1.54) is 0 Å². The van der Waals surface area contributed by atoms with Crippen molar-refractivity contribution in [2.45, 2.75) is 12.6 Å². The van der Waals surface area contributed by atoms with E-state index in [-0.39, 0.29) is 24.6 Å². The number of rotatable bonds is 2. The smallest absolute Gasteiger partial charge is 0.355 e. The molecule has 1 aliphatic rings. The van der Waals surface area contributed by atoms with Gasteiger partial charge < -0.3 is 10.6 Å². The fourth-order valence-corrected chi connectivity index (χ4v) is 1.86. The molecule has 1 aliphatic heterocycles. The van der Waals surface area contributed by atoms with Crippen molar-refractivity contribution in [2.24, 2.45) is 5.92 Å². The predicted octanol–water partition coefficient (Wildman–Crippen LogP) is 1.92. The first-order chi connectivity index (χ1) is 9.27. The van der Waals surface area contributed by atoms with Crippen LogP contribution >= 0.6 is 0 Å². The van der Waals surface area contributed by atoms with Gasteiger partial charge in [0.05, 0.1) is 11.5 Å². The Kier molecular flexibility index (Phi) is 3.65. The van der Waals surface area contributed by atoms with E-state index >= 15 is 0 Å². The molecule has 2 rings (SSSR count). The molecule has 1 fully saturated rings. The van der Waals surface area contributed by atoms with E-state index in [9.17, 15) is 27.2 Å². The first kappa shape index (κ1) is 14.3. The van der Waals surface area contributed by atoms with Crippen molar-refractivity contribution in [2.75, 3.05) is 11.9 Å². The van der Waals surface area contributed by atoms with E-state index in [2.05, 4.69) is 10.6 Å². The van der Waals surface area contributed by atoms with Gasteiger partial charge in [0.15, 0.2) is 0 Å². The second-order valence-corrected chi connectivity index (χ2v) is 4.39. The van der Waals surface area contributed by atoms with Crippen LogP contribution in [0, 0.1) is 11.7 Å². The molecule has 0 saturated carbocycles. The maximum Gasteiger partial charge on any atom is 0.419 e. The molecule has 1 heterocycles. The Hall–Kier alpha value is -2.12. The summed E-state index contributed by atoms with van der Waals surface area (Å²) < 4.78 is 50.6. The van der Waals surface area contributed by atoms with Crippen LogP contribution in [0.4, 0.5) is 23.2 Å². The van der Waals surface area contributed by atoms with Gasteiger partial charge in [0.2, 0.25) is 11.8 Å². The molecule has 0 radical (unpaired) electrons. The number of halogens is 4. The van der Waals surface area contributed by atoms with Crippen molar-refractivity contribution >= 4 is 17.5 Å². The fourth-order valence-electron chi connectivity index (χ4n) is 1.86. The number of carbonyl (C=O) groups is 2. The standard InChI is InChI=1S/C12H10F4N2O2/c13-9-2-1-7(4-8(9)12(14,15)16)18-11(20)6-3-10(19)17-5-6/h1-2,4,6H,3,5H2,(H,17,19)(H,18,20). The van der Waals surface area contributed by atoms with E-state index in [0.717, 1.165) is 6.07 Å². The molecule has 1 saturated heterocycles. The molecule has 1 aromatic carbocycles. The Balaban J connectivity index is 2.14. The number of nitrogens with one attached hydrogen (secondary N) is 2. The van der Waals surface area contributed by atoms with E-state index in [0.29, 0.717) is 12.1 Å². The summed E-state index contributed by atoms with van der Waals surface area (Å²) in [5.41, 5.74) is -1.61. The van der Waals surface area contributed by atoms with Crippen LogP contribution in [0.5, 0.6) is 0 Å². The van der Waals surface area contributed by atoms with Crippen LogP contribution in [-0.2, 0) is 15.8 Å². The van der Waals surface area contributed by atoms with Gasteiger partial charge >= 0.3 is 6.18 Å². The number of benzene rings is 1. The van der Waals surface area contributed by atoms with Crippen LogP contribution in [0.15, 0.2) is 18.2 Å². The molecule has 1 aromatic rings. The minimum Gasteiger partial charge on any atom is -0.355 e. The Bertz CT molecular complexity index is 557. The molecule has 1 atom stereocenters. The third-order valence-corrected chi connectivity index (χ3v) is 2.89. The van der Waals surface area contributed by atoms with Crippen LogP contribution < -0.4 is 10.6 Å². The van der Waals surface area contributed by atoms with Crippen molar-refractivity contribution in [3.8, 4) is 0 Å². The number of amides is 2. The Morgan fingerprint density at radius 2 is 2.05 bits per heavy atom. The van der Waals surface area contributed by atoms with Gasteiger partial charge in [-0.15, -0.1) is 0 Å². The van der Waals surface area contributed by atoms with Crippen molar-refractivity contribution in [1.82, 2.24) is 5.32 Å². The Morgan fingerprint density at radius 3 is 2.60 bits per heavy atom. The third kappa shape index (κ3) is 3.06. The van der Waals surface area contributed by atoms with Crippen LogP contribution in [-0.4, -0.2) is 18.4 Å². The lowest BCUT2D eigenvalue weighted by Gasteiger charge is -2.12. The molecule has 2 N–H and O–H groups in total. The number of hydrogen-bond acceptors (Lipinski definition) is 2. The van der Waals surface area contributed by atoms with Crippen molar-refractivity contribution in [1.29, 1.82) is 0 Å². The number of alkyl halides is 3. The van der Waals surface area contributed by atoms with Crippen LogP contribution in [0.3, 0.4) is 0 Å². The van der Waals surface area contributed by atoms with Gasteiger partial charge in [-0.3, -0.25) is 9.59 Å². The van der Waals surface area contributed by atoms with Crippen molar-refractivity contribution in [3.63, 3.8) is 0 Å². The molecular formula is C12H10F4N2O2. The quantitative estimate of drug-likeness (QED) is 0.818. The van der Waals surface area contributed by atoms with E-state index in [1.54, 1.807) is 0 Å². The molecule has 1 unspecified atom stereocenters. The minimum atomic E-state index is -4.84. The Labute approximate surface area is 111 Å². The van der Waals surface area contributed by atoms with Gasteiger partial charge in [-0.25, -0.2) is 4.39 Å². The van der Waals surface area contributed by atoms with Gasteiger partial charge in [0.1, 0.15) is 5.82 Å². The maximum atomic E-state index is 13.1. The highest BCUT2D eigenvalue weighted by molar-refractivity contribution is 5.97. The summed E-state index contributed by atoms with van der Waals surface area (Å²) in [4.78, 5) is 22.7. The minimum absolute atomic E-state index is 0.0147.